The molecule has 0 heterocycles. The van der Waals surface area contributed by atoms with Gasteiger partial charge in [0.05, 0.1) is 7.11 Å². The predicted octanol–water partition coefficient (Wildman–Crippen LogP) is 3.79. The van der Waals surface area contributed by atoms with E-state index >= 15 is 0 Å². The fourth-order valence-electron chi connectivity index (χ4n) is 1.74. The third-order valence-corrected chi connectivity index (χ3v) is 3.45. The highest BCUT2D eigenvalue weighted by Gasteiger charge is 1.98. The number of hydrogen-bond acceptors (Lipinski definition) is 2. The number of nitrogens with one attached hydrogen (secondary N) is 1. The van der Waals surface area contributed by atoms with Crippen LogP contribution in [0.1, 0.15) is 11.1 Å². The summed E-state index contributed by atoms with van der Waals surface area (Å²) in [6.45, 7) is 0.494. The van der Waals surface area contributed by atoms with E-state index in [4.69, 9.17) is 4.74 Å². The summed E-state index contributed by atoms with van der Waals surface area (Å²) in [5.74, 6) is 0.689. The second-order valence-corrected chi connectivity index (χ2v) is 5.37. The van der Waals surface area contributed by atoms with Crippen LogP contribution in [-0.2, 0) is 11.3 Å². The maximum Gasteiger partial charge on any atom is 0.244 e. The van der Waals surface area contributed by atoms with Gasteiger partial charge in [-0.05, 0) is 41.5 Å². The monoisotopic (exact) mass is 345 g/mol. The van der Waals surface area contributed by atoms with Crippen molar-refractivity contribution in [2.45, 2.75) is 6.54 Å². The van der Waals surface area contributed by atoms with E-state index in [1.54, 1.807) is 13.2 Å². The summed E-state index contributed by atoms with van der Waals surface area (Å²) >= 11 is 3.37. The Bertz CT molecular complexity index is 618. The molecule has 2 aromatic rings. The van der Waals surface area contributed by atoms with Crippen LogP contribution in [0, 0.1) is 0 Å². The lowest BCUT2D eigenvalue weighted by molar-refractivity contribution is -0.116. The van der Waals surface area contributed by atoms with E-state index in [0.29, 0.717) is 6.54 Å². The molecular formula is C17H16BrNO2. The fraction of sp³-hybridized carbons (Fsp3) is 0.118. The fourth-order valence-corrected chi connectivity index (χ4v) is 2.00. The standard InChI is InChI=1S/C17H16BrNO2/c1-21-16-9-4-14(5-10-16)12-19-17(20)11-6-13-2-7-15(18)8-3-13/h2-11H,12H2,1H3,(H,19,20). The molecule has 2 rings (SSSR count). The second-order valence-electron chi connectivity index (χ2n) is 4.45. The molecule has 1 amide bonds. The van der Waals surface area contributed by atoms with E-state index in [0.717, 1.165) is 21.3 Å². The number of carbonyl (C=O) groups is 1. The highest BCUT2D eigenvalue weighted by atomic mass is 79.9. The van der Waals surface area contributed by atoms with E-state index in [1.807, 2.05) is 48.5 Å². The van der Waals surface area contributed by atoms with Crippen molar-refractivity contribution in [1.29, 1.82) is 0 Å². The Kier molecular flexibility index (Phi) is 5.58. The molecule has 3 nitrogen and oxygen atoms in total. The van der Waals surface area contributed by atoms with Gasteiger partial charge in [0.15, 0.2) is 0 Å². The number of benzene rings is 2. The van der Waals surface area contributed by atoms with Crippen LogP contribution < -0.4 is 10.1 Å². The molecule has 0 saturated heterocycles. The van der Waals surface area contributed by atoms with Gasteiger partial charge in [0, 0.05) is 17.1 Å². The number of hydrogen-bond donors (Lipinski definition) is 1. The highest BCUT2D eigenvalue weighted by Crippen LogP contribution is 2.12. The molecule has 0 aromatic heterocycles. The first kappa shape index (κ1) is 15.3. The molecule has 0 unspecified atom stereocenters. The van der Waals surface area contributed by atoms with E-state index < -0.39 is 0 Å². The van der Waals surface area contributed by atoms with Crippen molar-refractivity contribution in [3.05, 3.63) is 70.2 Å². The van der Waals surface area contributed by atoms with Crippen LogP contribution in [0.15, 0.2) is 59.1 Å². The lowest BCUT2D eigenvalue weighted by atomic mass is 10.2. The van der Waals surface area contributed by atoms with Gasteiger partial charge in [-0.1, -0.05) is 40.2 Å². The molecule has 0 spiro atoms. The average Bonchev–Trinajstić information content (AvgIpc) is 2.53. The van der Waals surface area contributed by atoms with Crippen LogP contribution in [0.3, 0.4) is 0 Å². The molecule has 1 N–H and O–H groups in total. The third-order valence-electron chi connectivity index (χ3n) is 2.92. The SMILES string of the molecule is COc1ccc(CNC(=O)C=Cc2ccc(Br)cc2)cc1. The zero-order chi connectivity index (χ0) is 15.1. The minimum absolute atomic E-state index is 0.117. The molecular weight excluding hydrogens is 330 g/mol. The van der Waals surface area contributed by atoms with Gasteiger partial charge in [-0.15, -0.1) is 0 Å². The topological polar surface area (TPSA) is 38.3 Å². The van der Waals surface area contributed by atoms with Crippen molar-refractivity contribution in [1.82, 2.24) is 5.32 Å². The zero-order valence-corrected chi connectivity index (χ0v) is 13.3. The third kappa shape index (κ3) is 5.08. The maximum atomic E-state index is 11.7. The van der Waals surface area contributed by atoms with Crippen LogP contribution in [0.2, 0.25) is 0 Å². The van der Waals surface area contributed by atoms with Crippen molar-refractivity contribution in [2.24, 2.45) is 0 Å². The van der Waals surface area contributed by atoms with Crippen LogP contribution in [0.25, 0.3) is 6.08 Å². The Balaban J connectivity index is 1.85. The van der Waals surface area contributed by atoms with E-state index in [1.165, 1.54) is 6.08 Å². The van der Waals surface area contributed by atoms with Gasteiger partial charge in [0.2, 0.25) is 5.91 Å². The van der Waals surface area contributed by atoms with Gasteiger partial charge in [-0.2, -0.15) is 0 Å². The summed E-state index contributed by atoms with van der Waals surface area (Å²) in [7, 11) is 1.63. The molecule has 0 atom stereocenters. The van der Waals surface area contributed by atoms with Crippen molar-refractivity contribution in [3.8, 4) is 5.75 Å². The zero-order valence-electron chi connectivity index (χ0n) is 11.7. The normalized spacial score (nSPS) is 10.6. The smallest absolute Gasteiger partial charge is 0.244 e. The summed E-state index contributed by atoms with van der Waals surface area (Å²) in [5, 5.41) is 2.84. The molecule has 2 aromatic carbocycles. The highest BCUT2D eigenvalue weighted by molar-refractivity contribution is 9.10. The van der Waals surface area contributed by atoms with Gasteiger partial charge in [0.1, 0.15) is 5.75 Å². The van der Waals surface area contributed by atoms with Gasteiger partial charge in [0.25, 0.3) is 0 Å². The summed E-state index contributed by atoms with van der Waals surface area (Å²) in [6, 6.07) is 15.4. The largest absolute Gasteiger partial charge is 0.497 e. The number of halogens is 1. The van der Waals surface area contributed by atoms with Crippen molar-refractivity contribution < 1.29 is 9.53 Å². The Morgan fingerprint density at radius 1 is 1.14 bits per heavy atom. The van der Waals surface area contributed by atoms with E-state index in [-0.39, 0.29) is 5.91 Å². The summed E-state index contributed by atoms with van der Waals surface area (Å²) in [4.78, 5) is 11.7. The molecule has 0 saturated carbocycles. The quantitative estimate of drug-likeness (QED) is 0.837. The molecule has 0 aliphatic heterocycles. The molecule has 0 aliphatic carbocycles. The Morgan fingerprint density at radius 3 is 2.43 bits per heavy atom. The summed E-state index contributed by atoms with van der Waals surface area (Å²) < 4.78 is 6.11. The van der Waals surface area contributed by atoms with Crippen LogP contribution in [0.4, 0.5) is 0 Å². The van der Waals surface area contributed by atoms with Crippen LogP contribution in [-0.4, -0.2) is 13.0 Å². The number of rotatable bonds is 5. The van der Waals surface area contributed by atoms with E-state index in [2.05, 4.69) is 21.2 Å². The van der Waals surface area contributed by atoms with E-state index in [9.17, 15) is 4.79 Å². The molecule has 4 heteroatoms. The average molecular weight is 346 g/mol. The number of carbonyl (C=O) groups excluding carboxylic acids is 1. The molecule has 0 aliphatic rings. The van der Waals surface area contributed by atoms with Gasteiger partial charge >= 0.3 is 0 Å². The van der Waals surface area contributed by atoms with Crippen molar-refractivity contribution >= 4 is 27.9 Å². The number of methoxy groups -OCH3 is 1. The first-order chi connectivity index (χ1) is 10.2. The Hall–Kier alpha value is -2.07. The molecule has 21 heavy (non-hydrogen) atoms. The summed E-state index contributed by atoms with van der Waals surface area (Å²) in [5.41, 5.74) is 2.01. The molecule has 0 radical (unpaired) electrons. The minimum atomic E-state index is -0.117. The second kappa shape index (κ2) is 7.64. The first-order valence-electron chi connectivity index (χ1n) is 6.52. The van der Waals surface area contributed by atoms with Gasteiger partial charge in [-0.25, -0.2) is 0 Å². The molecule has 108 valence electrons. The maximum absolute atomic E-state index is 11.7. The predicted molar refractivity (Wildman–Crippen MR) is 88.0 cm³/mol. The van der Waals surface area contributed by atoms with Crippen molar-refractivity contribution in [3.63, 3.8) is 0 Å². The molecule has 0 fully saturated rings. The van der Waals surface area contributed by atoms with Gasteiger partial charge < -0.3 is 10.1 Å². The van der Waals surface area contributed by atoms with Gasteiger partial charge in [-0.3, -0.25) is 4.79 Å². The van der Waals surface area contributed by atoms with Crippen LogP contribution >= 0.6 is 15.9 Å². The summed E-state index contributed by atoms with van der Waals surface area (Å²) in [6.07, 6.45) is 3.32. The Morgan fingerprint density at radius 2 is 1.81 bits per heavy atom. The molecule has 0 bridgehead atoms. The lowest BCUT2D eigenvalue weighted by Crippen LogP contribution is -2.20. The minimum Gasteiger partial charge on any atom is -0.497 e. The number of amides is 1. The van der Waals surface area contributed by atoms with Crippen LogP contribution in [0.5, 0.6) is 5.75 Å². The lowest BCUT2D eigenvalue weighted by Gasteiger charge is -2.04. The first-order valence-corrected chi connectivity index (χ1v) is 7.31. The Labute approximate surface area is 132 Å². The number of ether oxygens (including phenoxy) is 1. The van der Waals surface area contributed by atoms with Crippen molar-refractivity contribution in [2.75, 3.05) is 7.11 Å².